The highest BCUT2D eigenvalue weighted by molar-refractivity contribution is 7.84. The van der Waals surface area contributed by atoms with Crippen LogP contribution in [0.3, 0.4) is 0 Å². The van der Waals surface area contributed by atoms with Crippen molar-refractivity contribution in [2.24, 2.45) is 5.73 Å². The van der Waals surface area contributed by atoms with Gasteiger partial charge >= 0.3 is 6.18 Å². The molecule has 136 valence electrons. The lowest BCUT2D eigenvalue weighted by Crippen LogP contribution is -2.27. The Morgan fingerprint density at radius 1 is 1.17 bits per heavy atom. The van der Waals surface area contributed by atoms with E-state index in [4.69, 9.17) is 5.73 Å². The first-order valence-corrected chi connectivity index (χ1v) is 8.41. The quantitative estimate of drug-likeness (QED) is 0.390. The zero-order chi connectivity index (χ0) is 18.3. The fourth-order valence-electron chi connectivity index (χ4n) is 2.31. The van der Waals surface area contributed by atoms with Gasteiger partial charge in [0.15, 0.2) is 0 Å². The maximum Gasteiger partial charge on any atom is 0.416 e. The van der Waals surface area contributed by atoms with Crippen LogP contribution in [0.15, 0.2) is 23.1 Å². The molecule has 24 heavy (non-hydrogen) atoms. The molecule has 0 aliphatic heterocycles. The predicted molar refractivity (Wildman–Crippen MR) is 93.1 cm³/mol. The molecule has 0 saturated heterocycles. The summed E-state index contributed by atoms with van der Waals surface area (Å²) in [5.74, 6) is -0.973. The molecule has 0 fully saturated rings. The summed E-state index contributed by atoms with van der Waals surface area (Å²) in [5.41, 5.74) is 4.93. The third-order valence-corrected chi connectivity index (χ3v) is 4.13. The summed E-state index contributed by atoms with van der Waals surface area (Å²) in [4.78, 5) is 2.54. The summed E-state index contributed by atoms with van der Waals surface area (Å²) in [6.45, 7) is 6.16. The van der Waals surface area contributed by atoms with E-state index in [1.807, 2.05) is 6.92 Å². The first-order chi connectivity index (χ1) is 11.2. The highest BCUT2D eigenvalue weighted by atomic mass is 32.1. The minimum atomic E-state index is -4.62. The van der Waals surface area contributed by atoms with E-state index in [-0.39, 0.29) is 11.3 Å². The number of nitrogens with zero attached hydrogens (tertiary/aromatic N) is 1. The highest BCUT2D eigenvalue weighted by Crippen LogP contribution is 2.32. The molecule has 0 bridgehead atoms. The Hall–Kier alpha value is -1.21. The van der Waals surface area contributed by atoms with Crippen LogP contribution >= 0.6 is 12.6 Å². The van der Waals surface area contributed by atoms with Gasteiger partial charge in [-0.2, -0.15) is 13.2 Å². The molecule has 0 amide bonds. The van der Waals surface area contributed by atoms with Crippen molar-refractivity contribution < 1.29 is 17.6 Å². The van der Waals surface area contributed by atoms with E-state index in [1.54, 1.807) is 0 Å². The Labute approximate surface area is 146 Å². The highest BCUT2D eigenvalue weighted by Gasteiger charge is 2.31. The molecule has 2 nitrogen and oxygen atoms in total. The minimum Gasteiger partial charge on any atom is -0.398 e. The summed E-state index contributed by atoms with van der Waals surface area (Å²) >= 11 is 4.32. The maximum absolute atomic E-state index is 13.5. The Balaban J connectivity index is 2.98. The van der Waals surface area contributed by atoms with Crippen LogP contribution in [0.2, 0.25) is 0 Å². The number of likely N-dealkylation sites (N-methyl/N-ethyl adjacent to an activating group) is 1. The summed E-state index contributed by atoms with van der Waals surface area (Å²) in [6, 6.07) is 2.30. The monoisotopic (exact) mass is 364 g/mol. The van der Waals surface area contributed by atoms with Crippen molar-refractivity contribution in [3.05, 3.63) is 40.0 Å². The number of hydrogen-bond donors (Lipinski definition) is 2. The second kappa shape index (κ2) is 9.32. The fraction of sp³-hybridized carbons (Fsp3) is 0.529. The molecule has 0 heterocycles. The van der Waals surface area contributed by atoms with Gasteiger partial charge in [-0.3, -0.25) is 4.90 Å². The Bertz CT molecular complexity index is 570. The predicted octanol–water partition coefficient (Wildman–Crippen LogP) is 4.91. The van der Waals surface area contributed by atoms with E-state index in [0.717, 1.165) is 44.5 Å². The number of rotatable bonds is 8. The molecule has 0 aliphatic carbocycles. The van der Waals surface area contributed by atoms with Crippen molar-refractivity contribution in [1.82, 2.24) is 4.90 Å². The van der Waals surface area contributed by atoms with Gasteiger partial charge in [0.2, 0.25) is 0 Å². The van der Waals surface area contributed by atoms with Gasteiger partial charge in [0.05, 0.1) is 5.56 Å². The molecule has 0 spiro atoms. The first-order valence-electron chi connectivity index (χ1n) is 7.97. The van der Waals surface area contributed by atoms with E-state index in [2.05, 4.69) is 24.5 Å². The Morgan fingerprint density at radius 2 is 1.83 bits per heavy atom. The number of unbranched alkanes of at least 4 members (excludes halogenated alkanes) is 2. The van der Waals surface area contributed by atoms with E-state index >= 15 is 0 Å². The van der Waals surface area contributed by atoms with Crippen molar-refractivity contribution in [3.8, 4) is 0 Å². The van der Waals surface area contributed by atoms with Crippen LogP contribution in [0.1, 0.15) is 44.2 Å². The largest absolute Gasteiger partial charge is 0.416 e. The van der Waals surface area contributed by atoms with Crippen LogP contribution in [0.4, 0.5) is 17.6 Å². The van der Waals surface area contributed by atoms with Gasteiger partial charge in [-0.25, -0.2) is 4.39 Å². The van der Waals surface area contributed by atoms with Gasteiger partial charge in [-0.05, 0) is 37.7 Å². The molecule has 0 radical (unpaired) electrons. The second-order valence-corrected chi connectivity index (χ2v) is 6.20. The SMILES string of the molecule is CCCCCN(CC)C/C(S)=C(/N)c1cc(F)cc(C(F)(F)F)c1. The number of nitrogens with two attached hydrogens (primary N) is 1. The number of hydrogen-bond acceptors (Lipinski definition) is 3. The van der Waals surface area contributed by atoms with Crippen LogP contribution < -0.4 is 5.73 Å². The van der Waals surface area contributed by atoms with Crippen LogP contribution in [-0.2, 0) is 6.18 Å². The van der Waals surface area contributed by atoms with Crippen LogP contribution in [0, 0.1) is 5.82 Å². The third kappa shape index (κ3) is 6.36. The van der Waals surface area contributed by atoms with Crippen molar-refractivity contribution in [2.75, 3.05) is 19.6 Å². The first kappa shape index (κ1) is 20.8. The standard InChI is InChI=1S/C17H24F4N2S/c1-3-5-6-7-23(4-2)11-15(24)16(22)12-8-13(17(19,20)21)10-14(18)9-12/h8-10,24H,3-7,11,22H2,1-2H3/b16-15-. The summed E-state index contributed by atoms with van der Waals surface area (Å²) in [5, 5.41) is 0. The van der Waals surface area contributed by atoms with E-state index in [1.165, 1.54) is 0 Å². The van der Waals surface area contributed by atoms with Crippen LogP contribution in [-0.4, -0.2) is 24.5 Å². The molecular weight excluding hydrogens is 340 g/mol. The van der Waals surface area contributed by atoms with Gasteiger partial charge < -0.3 is 5.73 Å². The lowest BCUT2D eigenvalue weighted by Gasteiger charge is -2.21. The van der Waals surface area contributed by atoms with E-state index < -0.39 is 17.6 Å². The topological polar surface area (TPSA) is 29.3 Å². The van der Waals surface area contributed by atoms with Crippen LogP contribution in [0.5, 0.6) is 0 Å². The zero-order valence-electron chi connectivity index (χ0n) is 14.0. The van der Waals surface area contributed by atoms with Crippen molar-refractivity contribution in [1.29, 1.82) is 0 Å². The molecule has 0 aromatic heterocycles. The normalized spacial score (nSPS) is 13.3. The lowest BCUT2D eigenvalue weighted by atomic mass is 10.1. The van der Waals surface area contributed by atoms with Crippen molar-refractivity contribution in [2.45, 2.75) is 39.3 Å². The molecule has 0 atom stereocenters. The molecule has 0 unspecified atom stereocenters. The molecule has 7 heteroatoms. The van der Waals surface area contributed by atoms with Crippen molar-refractivity contribution >= 4 is 18.3 Å². The average molecular weight is 364 g/mol. The van der Waals surface area contributed by atoms with E-state index in [9.17, 15) is 17.6 Å². The smallest absolute Gasteiger partial charge is 0.398 e. The van der Waals surface area contributed by atoms with Gasteiger partial charge in [0.25, 0.3) is 0 Å². The summed E-state index contributed by atoms with van der Waals surface area (Å²) < 4.78 is 51.9. The van der Waals surface area contributed by atoms with E-state index in [0.29, 0.717) is 17.5 Å². The number of benzene rings is 1. The van der Waals surface area contributed by atoms with Crippen molar-refractivity contribution in [3.63, 3.8) is 0 Å². The molecule has 1 rings (SSSR count). The second-order valence-electron chi connectivity index (χ2n) is 5.66. The molecular formula is C17H24F4N2S. The lowest BCUT2D eigenvalue weighted by molar-refractivity contribution is -0.137. The fourth-order valence-corrected chi connectivity index (χ4v) is 2.64. The summed E-state index contributed by atoms with van der Waals surface area (Å²) in [6.07, 6.45) is -1.38. The molecule has 1 aromatic rings. The molecule has 0 saturated carbocycles. The van der Waals surface area contributed by atoms with Crippen LogP contribution in [0.25, 0.3) is 5.70 Å². The molecule has 1 aromatic carbocycles. The zero-order valence-corrected chi connectivity index (χ0v) is 14.9. The van der Waals surface area contributed by atoms with Gasteiger partial charge in [0, 0.05) is 22.7 Å². The molecule has 2 N–H and O–H groups in total. The molecule has 0 aliphatic rings. The third-order valence-electron chi connectivity index (χ3n) is 3.75. The van der Waals surface area contributed by atoms with Gasteiger partial charge in [-0.15, -0.1) is 12.6 Å². The van der Waals surface area contributed by atoms with Gasteiger partial charge in [-0.1, -0.05) is 26.7 Å². The Morgan fingerprint density at radius 3 is 2.38 bits per heavy atom. The number of halogens is 4. The average Bonchev–Trinajstić information content (AvgIpc) is 2.51. The number of thiol groups is 1. The maximum atomic E-state index is 13.5. The number of alkyl halides is 3. The van der Waals surface area contributed by atoms with Gasteiger partial charge in [0.1, 0.15) is 5.82 Å². The minimum absolute atomic E-state index is 0.00284. The summed E-state index contributed by atoms with van der Waals surface area (Å²) in [7, 11) is 0. The Kier molecular flexibility index (Phi) is 8.09.